The molecule has 4 aromatic carbocycles. The Kier molecular flexibility index (Phi) is 12.2. The van der Waals surface area contributed by atoms with Crippen molar-refractivity contribution in [2.75, 3.05) is 17.5 Å². The molecule has 0 aromatic heterocycles. The van der Waals surface area contributed by atoms with E-state index in [9.17, 15) is 18.0 Å². The number of nitrogens with zero attached hydrogens (tertiary/aromatic N) is 2. The van der Waals surface area contributed by atoms with E-state index in [1.54, 1.807) is 67.6 Å². The number of benzene rings is 4. The molecule has 0 fully saturated rings. The summed E-state index contributed by atoms with van der Waals surface area (Å²) in [6, 6.07) is 30.0. The lowest BCUT2D eigenvalue weighted by molar-refractivity contribution is -0.140. The van der Waals surface area contributed by atoms with Gasteiger partial charge in [-0.25, -0.2) is 8.42 Å². The largest absolute Gasteiger partial charge is 0.492 e. The number of hydrogen-bond donors (Lipinski definition) is 1. The highest BCUT2D eigenvalue weighted by atomic mass is 35.5. The van der Waals surface area contributed by atoms with E-state index in [-0.39, 0.29) is 35.5 Å². The zero-order valence-corrected chi connectivity index (χ0v) is 27.9. The van der Waals surface area contributed by atoms with Crippen LogP contribution in [0.25, 0.3) is 0 Å². The number of ether oxygens (including phenoxy) is 1. The average molecular weight is 662 g/mol. The van der Waals surface area contributed by atoms with Gasteiger partial charge in [-0.15, -0.1) is 0 Å². The van der Waals surface area contributed by atoms with E-state index in [4.69, 9.17) is 16.3 Å². The number of para-hydroxylation sites is 2. The lowest BCUT2D eigenvalue weighted by atomic mass is 10.0. The number of amides is 2. The van der Waals surface area contributed by atoms with E-state index in [1.807, 2.05) is 50.2 Å². The van der Waals surface area contributed by atoms with E-state index < -0.39 is 28.5 Å². The lowest BCUT2D eigenvalue weighted by Gasteiger charge is -2.34. The molecule has 0 aliphatic carbocycles. The molecule has 0 aliphatic rings. The van der Waals surface area contributed by atoms with Crippen molar-refractivity contribution in [3.8, 4) is 5.75 Å². The van der Waals surface area contributed by atoms with Gasteiger partial charge < -0.3 is 15.0 Å². The number of rotatable bonds is 15. The van der Waals surface area contributed by atoms with Gasteiger partial charge in [0, 0.05) is 24.0 Å². The molecule has 1 N–H and O–H groups in total. The Hall–Kier alpha value is -4.34. The molecule has 0 aliphatic heterocycles. The van der Waals surface area contributed by atoms with Gasteiger partial charge in [0.1, 0.15) is 18.3 Å². The monoisotopic (exact) mass is 661 g/mol. The first-order valence-electron chi connectivity index (χ1n) is 15.3. The molecule has 4 rings (SSSR count). The Balaban J connectivity index is 1.84. The van der Waals surface area contributed by atoms with Crippen molar-refractivity contribution in [1.29, 1.82) is 0 Å². The normalized spacial score (nSPS) is 12.5. The number of anilines is 1. The minimum Gasteiger partial charge on any atom is -0.492 e. The summed E-state index contributed by atoms with van der Waals surface area (Å²) in [7, 11) is -4.25. The summed E-state index contributed by atoms with van der Waals surface area (Å²) >= 11 is 6.32. The number of hydrogen-bond acceptors (Lipinski definition) is 5. The molecule has 4 aromatic rings. The zero-order valence-electron chi connectivity index (χ0n) is 26.3. The molecule has 2 amide bonds. The van der Waals surface area contributed by atoms with E-state index in [1.165, 1.54) is 17.0 Å². The second kappa shape index (κ2) is 16.3. The quantitative estimate of drug-likeness (QED) is 0.157. The Morgan fingerprint density at radius 2 is 1.48 bits per heavy atom. The minimum atomic E-state index is -4.25. The summed E-state index contributed by atoms with van der Waals surface area (Å²) < 4.78 is 35.3. The van der Waals surface area contributed by atoms with E-state index in [2.05, 4.69) is 5.32 Å². The van der Waals surface area contributed by atoms with Crippen LogP contribution in [0.2, 0.25) is 5.02 Å². The molecule has 46 heavy (non-hydrogen) atoms. The van der Waals surface area contributed by atoms with Crippen LogP contribution >= 0.6 is 11.6 Å². The van der Waals surface area contributed by atoms with Crippen molar-refractivity contribution in [3.63, 3.8) is 0 Å². The molecule has 0 saturated carbocycles. The van der Waals surface area contributed by atoms with E-state index >= 15 is 0 Å². The van der Waals surface area contributed by atoms with Gasteiger partial charge in [0.25, 0.3) is 10.0 Å². The topological polar surface area (TPSA) is 96.0 Å². The van der Waals surface area contributed by atoms with Crippen molar-refractivity contribution in [2.24, 2.45) is 0 Å². The predicted molar refractivity (Wildman–Crippen MR) is 182 cm³/mol. The Morgan fingerprint density at radius 3 is 2.13 bits per heavy atom. The van der Waals surface area contributed by atoms with Crippen LogP contribution in [-0.4, -0.2) is 50.4 Å². The van der Waals surface area contributed by atoms with Crippen molar-refractivity contribution in [3.05, 3.63) is 125 Å². The van der Waals surface area contributed by atoms with Crippen molar-refractivity contribution >= 4 is 39.1 Å². The van der Waals surface area contributed by atoms with Crippen LogP contribution in [0.15, 0.2) is 114 Å². The van der Waals surface area contributed by atoms with Crippen LogP contribution in [-0.2, 0) is 32.6 Å². The van der Waals surface area contributed by atoms with Crippen LogP contribution in [0, 0.1) is 0 Å². The Morgan fingerprint density at radius 1 is 0.848 bits per heavy atom. The third-order valence-electron chi connectivity index (χ3n) is 7.56. The smallest absolute Gasteiger partial charge is 0.264 e. The van der Waals surface area contributed by atoms with Crippen LogP contribution in [0.3, 0.4) is 0 Å². The molecule has 242 valence electrons. The average Bonchev–Trinajstić information content (AvgIpc) is 3.06. The standard InChI is InChI=1S/C36H40ClN3O5S/c1-4-27(3)38-36(42)33(24-28-15-8-6-9-16-28)39(25-29-17-14-18-30(37)23-29)35(41)26-40(32-21-12-13-22-34(32)45-5-2)46(43,44)31-19-10-7-11-20-31/h6-23,27,33H,4-5,24-26H2,1-3H3,(H,38,42). The first-order chi connectivity index (χ1) is 22.1. The molecule has 0 heterocycles. The SMILES string of the molecule is CCOc1ccccc1N(CC(=O)N(Cc1cccc(Cl)c1)C(Cc1ccccc1)C(=O)NC(C)CC)S(=O)(=O)c1ccccc1. The van der Waals surface area contributed by atoms with Crippen LogP contribution < -0.4 is 14.4 Å². The molecular weight excluding hydrogens is 622 g/mol. The molecule has 10 heteroatoms. The van der Waals surface area contributed by atoms with Gasteiger partial charge in [-0.1, -0.05) is 91.3 Å². The van der Waals surface area contributed by atoms with E-state index in [0.29, 0.717) is 29.4 Å². The van der Waals surface area contributed by atoms with Gasteiger partial charge in [0.05, 0.1) is 17.2 Å². The molecule has 0 radical (unpaired) electrons. The summed E-state index contributed by atoms with van der Waals surface area (Å²) in [4.78, 5) is 30.0. The fourth-order valence-corrected chi connectivity index (χ4v) is 6.66. The second-order valence-corrected chi connectivity index (χ2v) is 13.2. The summed E-state index contributed by atoms with van der Waals surface area (Å²) in [5.41, 5.74) is 1.77. The van der Waals surface area contributed by atoms with E-state index in [0.717, 1.165) is 9.87 Å². The van der Waals surface area contributed by atoms with Crippen molar-refractivity contribution in [1.82, 2.24) is 10.2 Å². The molecular formula is C36H40ClN3O5S. The fourth-order valence-electron chi connectivity index (χ4n) is 5.00. The highest BCUT2D eigenvalue weighted by Crippen LogP contribution is 2.33. The minimum absolute atomic E-state index is 0.0193. The molecule has 0 spiro atoms. The number of carbonyl (C=O) groups excluding carboxylic acids is 2. The second-order valence-electron chi connectivity index (χ2n) is 10.9. The van der Waals surface area contributed by atoms with Gasteiger partial charge in [0.2, 0.25) is 11.8 Å². The Bertz CT molecular complexity index is 1700. The first-order valence-corrected chi connectivity index (χ1v) is 17.1. The summed E-state index contributed by atoms with van der Waals surface area (Å²) in [6.45, 7) is 5.41. The van der Waals surface area contributed by atoms with Gasteiger partial charge >= 0.3 is 0 Å². The predicted octanol–water partition coefficient (Wildman–Crippen LogP) is 6.49. The number of carbonyl (C=O) groups is 2. The summed E-state index contributed by atoms with van der Waals surface area (Å²) in [5, 5.41) is 3.52. The number of sulfonamides is 1. The van der Waals surface area contributed by atoms with Gasteiger partial charge in [-0.3, -0.25) is 13.9 Å². The maximum atomic E-state index is 14.6. The summed E-state index contributed by atoms with van der Waals surface area (Å²) in [6.07, 6.45) is 0.916. The molecule has 2 atom stereocenters. The lowest BCUT2D eigenvalue weighted by Crippen LogP contribution is -2.54. The van der Waals surface area contributed by atoms with Gasteiger partial charge in [0.15, 0.2) is 0 Å². The molecule has 0 bridgehead atoms. The highest BCUT2D eigenvalue weighted by molar-refractivity contribution is 7.92. The van der Waals surface area contributed by atoms with Gasteiger partial charge in [-0.05, 0) is 67.8 Å². The first kappa shape index (κ1) is 34.5. The zero-order chi connectivity index (χ0) is 33.1. The van der Waals surface area contributed by atoms with Crippen molar-refractivity contribution in [2.45, 2.75) is 57.1 Å². The number of halogens is 1. The molecule has 2 unspecified atom stereocenters. The van der Waals surface area contributed by atoms with Crippen LogP contribution in [0.5, 0.6) is 5.75 Å². The fraction of sp³-hybridized carbons (Fsp3) is 0.278. The summed E-state index contributed by atoms with van der Waals surface area (Å²) in [5.74, 6) is -0.583. The van der Waals surface area contributed by atoms with Crippen LogP contribution in [0.1, 0.15) is 38.3 Å². The highest BCUT2D eigenvalue weighted by Gasteiger charge is 2.35. The maximum absolute atomic E-state index is 14.6. The molecule has 8 nitrogen and oxygen atoms in total. The van der Waals surface area contributed by atoms with Crippen molar-refractivity contribution < 1.29 is 22.7 Å². The Labute approximate surface area is 277 Å². The molecule has 0 saturated heterocycles. The van der Waals surface area contributed by atoms with Gasteiger partial charge in [-0.2, -0.15) is 0 Å². The third kappa shape index (κ3) is 8.89. The third-order valence-corrected chi connectivity index (χ3v) is 9.57. The number of nitrogens with one attached hydrogen (secondary N) is 1. The van der Waals surface area contributed by atoms with Crippen LogP contribution in [0.4, 0.5) is 5.69 Å². The maximum Gasteiger partial charge on any atom is 0.264 e.